The highest BCUT2D eigenvalue weighted by Crippen LogP contribution is 2.71. The van der Waals surface area contributed by atoms with Crippen LogP contribution in [0.3, 0.4) is 0 Å². The third kappa shape index (κ3) is 2.77. The first-order valence-corrected chi connectivity index (χ1v) is 15.0. The molecule has 7 heteroatoms. The van der Waals surface area contributed by atoms with E-state index in [2.05, 4.69) is 28.0 Å². The summed E-state index contributed by atoms with van der Waals surface area (Å²) in [6, 6.07) is 12.7. The number of hydrogen-bond donors (Lipinski definition) is 1. The molecule has 39 heavy (non-hydrogen) atoms. The third-order valence-electron chi connectivity index (χ3n) is 11.7. The smallest absolute Gasteiger partial charge is 0.229 e. The SMILES string of the molecule is Cn1nc(CC(=O)N2CC[C@@]34CC[C@@H]2[C@@H]2Oc5c(O)ccc6c5[C@@]23CCN(CC2CC2)[C@@H]4C6)c2ccccc21. The quantitative estimate of drug-likeness (QED) is 0.560. The van der Waals surface area contributed by atoms with E-state index in [1.807, 2.05) is 29.9 Å². The summed E-state index contributed by atoms with van der Waals surface area (Å²) >= 11 is 0. The first-order valence-electron chi connectivity index (χ1n) is 15.0. The molecule has 5 heterocycles. The molecule has 202 valence electrons. The summed E-state index contributed by atoms with van der Waals surface area (Å²) in [7, 11) is 1.95. The van der Waals surface area contributed by atoms with E-state index in [4.69, 9.17) is 9.84 Å². The molecule has 2 aromatic carbocycles. The number of aryl methyl sites for hydroxylation is 1. The van der Waals surface area contributed by atoms with Gasteiger partial charge in [-0.15, -0.1) is 0 Å². The van der Waals surface area contributed by atoms with E-state index in [9.17, 15) is 9.90 Å². The van der Waals surface area contributed by atoms with Gasteiger partial charge >= 0.3 is 0 Å². The van der Waals surface area contributed by atoms with Crippen molar-refractivity contribution in [1.82, 2.24) is 19.6 Å². The largest absolute Gasteiger partial charge is 0.504 e. The number of carbonyl (C=O) groups excluding carboxylic acids is 1. The Kier molecular flexibility index (Phi) is 4.41. The number of phenols is 1. The standard InChI is InChI=1S/C32H36N4O3/c1-34-23-5-3-2-4-21(23)22(33-34)17-27(38)36-15-12-31-11-10-24(36)30-32(31)13-14-35(18-19-6-7-19)26(31)16-20-8-9-25(37)29(39-30)28(20)32/h2-5,8-9,19,24,26,30,37H,6-7,10-18H2,1H3/t24-,26-,30+,31-,32+/m1/s1. The van der Waals surface area contributed by atoms with Gasteiger partial charge in [0.2, 0.25) is 5.91 Å². The van der Waals surface area contributed by atoms with E-state index in [0.717, 1.165) is 67.7 Å². The van der Waals surface area contributed by atoms with E-state index in [1.54, 1.807) is 0 Å². The van der Waals surface area contributed by atoms with Crippen LogP contribution in [0.2, 0.25) is 0 Å². The fourth-order valence-electron chi connectivity index (χ4n) is 9.96. The van der Waals surface area contributed by atoms with Crippen molar-refractivity contribution >= 4 is 16.8 Å². The van der Waals surface area contributed by atoms with Gasteiger partial charge in [-0.3, -0.25) is 14.4 Å². The Balaban J connectivity index is 1.14. The number of amides is 1. The van der Waals surface area contributed by atoms with Crippen LogP contribution in [0.25, 0.3) is 10.9 Å². The van der Waals surface area contributed by atoms with Gasteiger partial charge in [0, 0.05) is 48.0 Å². The van der Waals surface area contributed by atoms with Gasteiger partial charge in [-0.25, -0.2) is 0 Å². The van der Waals surface area contributed by atoms with E-state index in [1.165, 1.54) is 30.5 Å². The Hall–Kier alpha value is -3.06. The molecule has 4 bridgehead atoms. The van der Waals surface area contributed by atoms with Crippen LogP contribution >= 0.6 is 0 Å². The van der Waals surface area contributed by atoms with Crippen molar-refractivity contribution < 1.29 is 14.6 Å². The number of phenolic OH excluding ortho intramolecular Hbond substituents is 1. The van der Waals surface area contributed by atoms with Crippen molar-refractivity contribution in [1.29, 1.82) is 0 Å². The summed E-state index contributed by atoms with van der Waals surface area (Å²) in [5.74, 6) is 2.00. The van der Waals surface area contributed by atoms with Gasteiger partial charge in [-0.2, -0.15) is 5.10 Å². The second kappa shape index (κ2) is 7.57. The van der Waals surface area contributed by atoms with Crippen LogP contribution in [-0.2, 0) is 30.1 Å². The summed E-state index contributed by atoms with van der Waals surface area (Å²) in [5.41, 5.74) is 4.55. The molecule has 3 aliphatic carbocycles. The number of para-hydroxylation sites is 1. The average molecular weight is 525 g/mol. The first-order chi connectivity index (χ1) is 19.0. The highest BCUT2D eigenvalue weighted by molar-refractivity contribution is 5.88. The number of fused-ring (bicyclic) bond motifs is 4. The third-order valence-corrected chi connectivity index (χ3v) is 11.7. The number of benzene rings is 2. The van der Waals surface area contributed by atoms with Gasteiger partial charge in [0.15, 0.2) is 11.5 Å². The Morgan fingerprint density at radius 3 is 2.85 bits per heavy atom. The fraction of sp³-hybridized carbons (Fsp3) is 0.562. The molecule has 7 aliphatic rings. The van der Waals surface area contributed by atoms with Crippen molar-refractivity contribution in [2.24, 2.45) is 18.4 Å². The monoisotopic (exact) mass is 524 g/mol. The molecule has 10 rings (SSSR count). The number of hydrogen-bond acceptors (Lipinski definition) is 5. The fourth-order valence-corrected chi connectivity index (χ4v) is 9.96. The van der Waals surface area contributed by atoms with Crippen LogP contribution in [0.1, 0.15) is 55.3 Å². The molecule has 1 aromatic heterocycles. The molecule has 4 aliphatic heterocycles. The predicted molar refractivity (Wildman–Crippen MR) is 147 cm³/mol. The van der Waals surface area contributed by atoms with Crippen LogP contribution in [-0.4, -0.2) is 68.4 Å². The van der Waals surface area contributed by atoms with Gasteiger partial charge in [0.1, 0.15) is 6.10 Å². The number of aromatic hydroxyl groups is 1. The van der Waals surface area contributed by atoms with Crippen LogP contribution in [0, 0.1) is 11.3 Å². The highest BCUT2D eigenvalue weighted by atomic mass is 16.5. The van der Waals surface area contributed by atoms with Crippen LogP contribution in [0.4, 0.5) is 0 Å². The zero-order valence-corrected chi connectivity index (χ0v) is 22.6. The molecule has 1 amide bonds. The summed E-state index contributed by atoms with van der Waals surface area (Å²) in [4.78, 5) is 19.2. The predicted octanol–water partition coefficient (Wildman–Crippen LogP) is 3.94. The number of aromatic nitrogens is 2. The number of piperidine rings is 1. The van der Waals surface area contributed by atoms with Crippen molar-refractivity contribution in [3.05, 3.63) is 53.2 Å². The van der Waals surface area contributed by atoms with E-state index in [-0.39, 0.29) is 34.6 Å². The zero-order chi connectivity index (χ0) is 26.1. The van der Waals surface area contributed by atoms with Gasteiger partial charge in [-0.05, 0) is 75.1 Å². The molecule has 2 saturated carbocycles. The Morgan fingerprint density at radius 2 is 1.97 bits per heavy atom. The molecule has 0 unspecified atom stereocenters. The zero-order valence-electron chi connectivity index (χ0n) is 22.6. The first kappa shape index (κ1) is 22.7. The minimum atomic E-state index is -0.116. The summed E-state index contributed by atoms with van der Waals surface area (Å²) in [6.45, 7) is 3.10. The molecule has 7 nitrogen and oxygen atoms in total. The lowest BCUT2D eigenvalue weighted by Gasteiger charge is -2.66. The molecule has 1 N–H and O–H groups in total. The molecule has 2 spiro atoms. The van der Waals surface area contributed by atoms with Crippen molar-refractivity contribution in [3.63, 3.8) is 0 Å². The van der Waals surface area contributed by atoms with Gasteiger partial charge in [-0.1, -0.05) is 24.3 Å². The lowest BCUT2D eigenvalue weighted by atomic mass is 9.42. The number of nitrogens with zero attached hydrogens (tertiary/aromatic N) is 4. The van der Waals surface area contributed by atoms with Gasteiger partial charge < -0.3 is 14.7 Å². The number of rotatable bonds is 4. The average Bonchev–Trinajstić information content (AvgIpc) is 3.67. The van der Waals surface area contributed by atoms with Crippen molar-refractivity contribution in [2.75, 3.05) is 19.6 Å². The van der Waals surface area contributed by atoms with E-state index in [0.29, 0.717) is 18.2 Å². The molecule has 3 saturated heterocycles. The minimum absolute atomic E-state index is 0.0245. The molecule has 3 aromatic rings. The van der Waals surface area contributed by atoms with Crippen LogP contribution < -0.4 is 4.74 Å². The second-order valence-corrected chi connectivity index (χ2v) is 13.2. The molecule has 0 radical (unpaired) electrons. The molecule has 5 atom stereocenters. The Morgan fingerprint density at radius 1 is 1.10 bits per heavy atom. The van der Waals surface area contributed by atoms with E-state index >= 15 is 0 Å². The van der Waals surface area contributed by atoms with Gasteiger partial charge in [0.25, 0.3) is 0 Å². The molecular weight excluding hydrogens is 488 g/mol. The summed E-state index contributed by atoms with van der Waals surface area (Å²) < 4.78 is 8.76. The second-order valence-electron chi connectivity index (χ2n) is 13.2. The number of carbonyl (C=O) groups is 1. The Labute approximate surface area is 228 Å². The summed E-state index contributed by atoms with van der Waals surface area (Å²) in [6.07, 6.45) is 8.17. The minimum Gasteiger partial charge on any atom is -0.504 e. The van der Waals surface area contributed by atoms with Crippen LogP contribution in [0.5, 0.6) is 11.5 Å². The van der Waals surface area contributed by atoms with Crippen molar-refractivity contribution in [3.8, 4) is 11.5 Å². The van der Waals surface area contributed by atoms with E-state index < -0.39 is 0 Å². The molecular formula is C32H36N4O3. The van der Waals surface area contributed by atoms with Gasteiger partial charge in [0.05, 0.1) is 23.7 Å². The Bertz CT molecular complexity index is 1540. The maximum Gasteiger partial charge on any atom is 0.229 e. The molecule has 5 fully saturated rings. The van der Waals surface area contributed by atoms with Crippen LogP contribution in [0.15, 0.2) is 36.4 Å². The highest BCUT2D eigenvalue weighted by Gasteiger charge is 2.74. The maximum absolute atomic E-state index is 14.2. The summed E-state index contributed by atoms with van der Waals surface area (Å²) in [5, 5.41) is 16.8. The number of likely N-dealkylation sites (tertiary alicyclic amines) is 1. The topological polar surface area (TPSA) is 70.8 Å². The lowest BCUT2D eigenvalue weighted by Crippen LogP contribution is -2.72. The van der Waals surface area contributed by atoms with Crippen molar-refractivity contribution in [2.45, 2.75) is 75.0 Å². The number of ether oxygens (including phenoxy) is 1. The maximum atomic E-state index is 14.2. The normalized spacial score (nSPS) is 34.2. The lowest BCUT2D eigenvalue weighted by molar-refractivity contribution is -0.143.